The van der Waals surface area contributed by atoms with Crippen LogP contribution in [0.5, 0.6) is 0 Å². The molecule has 1 fully saturated rings. The molecule has 1 aliphatic rings. The normalized spacial score (nSPS) is 16.8. The maximum absolute atomic E-state index is 13.3. The van der Waals surface area contributed by atoms with Gasteiger partial charge in [-0.1, -0.05) is 24.3 Å². The average molecular weight is 443 g/mol. The Balaban J connectivity index is 1.51. The van der Waals surface area contributed by atoms with E-state index < -0.39 is 11.7 Å². The number of halogens is 3. The highest BCUT2D eigenvalue weighted by molar-refractivity contribution is 5.45. The van der Waals surface area contributed by atoms with Crippen LogP contribution in [-0.2, 0) is 17.3 Å². The molecule has 1 aliphatic heterocycles. The van der Waals surface area contributed by atoms with Crippen molar-refractivity contribution in [3.05, 3.63) is 77.1 Å². The van der Waals surface area contributed by atoms with Crippen LogP contribution in [0, 0.1) is 0 Å². The maximum atomic E-state index is 13.3. The molecule has 3 heterocycles. The van der Waals surface area contributed by atoms with E-state index in [0.29, 0.717) is 31.1 Å². The fourth-order valence-electron chi connectivity index (χ4n) is 3.68. The largest absolute Gasteiger partial charge is 0.416 e. The summed E-state index contributed by atoms with van der Waals surface area (Å²) in [4.78, 5) is 8.58. The zero-order valence-corrected chi connectivity index (χ0v) is 17.9. The molecular formula is C23H24F3N5O. The van der Waals surface area contributed by atoms with Gasteiger partial charge in [-0.3, -0.25) is 4.98 Å². The van der Waals surface area contributed by atoms with Gasteiger partial charge in [-0.05, 0) is 35.9 Å². The summed E-state index contributed by atoms with van der Waals surface area (Å²) in [6.45, 7) is 1.70. The third kappa shape index (κ3) is 4.99. The van der Waals surface area contributed by atoms with Crippen LogP contribution in [-0.4, -0.2) is 49.0 Å². The van der Waals surface area contributed by atoms with E-state index in [0.717, 1.165) is 17.7 Å². The standard InChI is InChI=1S/C23H24F3N5O/c1-30(2)21-10-11-22(29-28-21)31-12-13-32-20(15-31)19-9-5-7-17(27-19)14-16-6-3-4-8-18(16)23(24,25)26/h3-11,20H,12-15H2,1-2H3. The second-order valence-corrected chi connectivity index (χ2v) is 7.84. The summed E-state index contributed by atoms with van der Waals surface area (Å²) in [5.74, 6) is 1.52. The predicted molar refractivity (Wildman–Crippen MR) is 116 cm³/mol. The summed E-state index contributed by atoms with van der Waals surface area (Å²) in [6, 6.07) is 14.8. The first kappa shape index (κ1) is 22.0. The number of alkyl halides is 3. The lowest BCUT2D eigenvalue weighted by Crippen LogP contribution is -2.39. The zero-order chi connectivity index (χ0) is 22.7. The van der Waals surface area contributed by atoms with Gasteiger partial charge in [-0.2, -0.15) is 13.2 Å². The third-order valence-electron chi connectivity index (χ3n) is 5.34. The maximum Gasteiger partial charge on any atom is 0.416 e. The van der Waals surface area contributed by atoms with E-state index in [2.05, 4.69) is 20.1 Å². The Morgan fingerprint density at radius 1 is 1.03 bits per heavy atom. The molecule has 0 spiro atoms. The Labute approximate surface area is 184 Å². The predicted octanol–water partition coefficient (Wildman–Crippen LogP) is 4.13. The number of anilines is 2. The zero-order valence-electron chi connectivity index (χ0n) is 17.9. The van der Waals surface area contributed by atoms with Crippen molar-refractivity contribution in [2.75, 3.05) is 43.6 Å². The van der Waals surface area contributed by atoms with Crippen molar-refractivity contribution in [3.8, 4) is 0 Å². The molecular weight excluding hydrogens is 419 g/mol. The van der Waals surface area contributed by atoms with E-state index in [1.165, 1.54) is 12.1 Å². The molecule has 168 valence electrons. The van der Waals surface area contributed by atoms with Crippen LogP contribution in [0.25, 0.3) is 0 Å². The lowest BCUT2D eigenvalue weighted by atomic mass is 10.0. The lowest BCUT2D eigenvalue weighted by Gasteiger charge is -2.33. The van der Waals surface area contributed by atoms with Crippen molar-refractivity contribution in [2.24, 2.45) is 0 Å². The van der Waals surface area contributed by atoms with E-state index in [1.54, 1.807) is 12.1 Å². The van der Waals surface area contributed by atoms with Crippen molar-refractivity contribution < 1.29 is 17.9 Å². The van der Waals surface area contributed by atoms with Crippen LogP contribution in [0.15, 0.2) is 54.6 Å². The molecule has 4 rings (SSSR count). The Kier molecular flexibility index (Phi) is 6.27. The molecule has 1 atom stereocenters. The first-order valence-electron chi connectivity index (χ1n) is 10.3. The summed E-state index contributed by atoms with van der Waals surface area (Å²) >= 11 is 0. The summed E-state index contributed by atoms with van der Waals surface area (Å²) < 4.78 is 45.9. The van der Waals surface area contributed by atoms with Crippen LogP contribution < -0.4 is 9.80 Å². The minimum atomic E-state index is -4.40. The second kappa shape index (κ2) is 9.12. The van der Waals surface area contributed by atoms with Gasteiger partial charge in [0, 0.05) is 32.8 Å². The van der Waals surface area contributed by atoms with Gasteiger partial charge in [-0.15, -0.1) is 10.2 Å². The average Bonchev–Trinajstić information content (AvgIpc) is 2.79. The fraction of sp³-hybridized carbons (Fsp3) is 0.348. The van der Waals surface area contributed by atoms with Crippen molar-refractivity contribution in [2.45, 2.75) is 18.7 Å². The Bertz CT molecular complexity index is 1060. The summed E-state index contributed by atoms with van der Waals surface area (Å²) in [7, 11) is 3.81. The Morgan fingerprint density at radius 3 is 2.56 bits per heavy atom. The van der Waals surface area contributed by atoms with E-state index in [9.17, 15) is 13.2 Å². The number of nitrogens with zero attached hydrogens (tertiary/aromatic N) is 5. The first-order valence-corrected chi connectivity index (χ1v) is 10.3. The lowest BCUT2D eigenvalue weighted by molar-refractivity contribution is -0.138. The number of hydrogen-bond acceptors (Lipinski definition) is 6. The monoisotopic (exact) mass is 443 g/mol. The highest BCUT2D eigenvalue weighted by Crippen LogP contribution is 2.33. The van der Waals surface area contributed by atoms with Crippen LogP contribution in [0.2, 0.25) is 0 Å². The molecule has 1 aromatic carbocycles. The quantitative estimate of drug-likeness (QED) is 0.591. The molecule has 0 aliphatic carbocycles. The topological polar surface area (TPSA) is 54.4 Å². The van der Waals surface area contributed by atoms with Crippen molar-refractivity contribution in [3.63, 3.8) is 0 Å². The van der Waals surface area contributed by atoms with Gasteiger partial charge >= 0.3 is 6.18 Å². The number of pyridine rings is 1. The minimum absolute atomic E-state index is 0.0947. The van der Waals surface area contributed by atoms with Crippen molar-refractivity contribution >= 4 is 11.6 Å². The van der Waals surface area contributed by atoms with E-state index in [4.69, 9.17) is 4.74 Å². The van der Waals surface area contributed by atoms with Gasteiger partial charge < -0.3 is 14.5 Å². The van der Waals surface area contributed by atoms with Crippen LogP contribution in [0.4, 0.5) is 24.8 Å². The summed E-state index contributed by atoms with van der Waals surface area (Å²) in [5.41, 5.74) is 0.823. The first-order chi connectivity index (χ1) is 15.3. The number of rotatable bonds is 5. The Hall–Kier alpha value is -3.20. The van der Waals surface area contributed by atoms with Gasteiger partial charge in [0.25, 0.3) is 0 Å². The van der Waals surface area contributed by atoms with Gasteiger partial charge in [0.05, 0.1) is 24.4 Å². The molecule has 2 aromatic heterocycles. The van der Waals surface area contributed by atoms with Gasteiger partial charge in [0.2, 0.25) is 0 Å². The fourth-order valence-corrected chi connectivity index (χ4v) is 3.68. The van der Waals surface area contributed by atoms with Crippen LogP contribution >= 0.6 is 0 Å². The molecule has 32 heavy (non-hydrogen) atoms. The molecule has 9 heteroatoms. The van der Waals surface area contributed by atoms with Crippen LogP contribution in [0.3, 0.4) is 0 Å². The molecule has 1 unspecified atom stereocenters. The van der Waals surface area contributed by atoms with Gasteiger partial charge in [-0.25, -0.2) is 0 Å². The number of morpholine rings is 1. The van der Waals surface area contributed by atoms with Crippen LogP contribution in [0.1, 0.15) is 28.6 Å². The molecule has 0 radical (unpaired) electrons. The molecule has 0 bridgehead atoms. The summed E-state index contributed by atoms with van der Waals surface area (Å²) in [5, 5.41) is 8.54. The molecule has 1 saturated heterocycles. The smallest absolute Gasteiger partial charge is 0.368 e. The second-order valence-electron chi connectivity index (χ2n) is 7.84. The Morgan fingerprint density at radius 2 is 1.84 bits per heavy atom. The number of benzene rings is 1. The van der Waals surface area contributed by atoms with Crippen molar-refractivity contribution in [1.82, 2.24) is 15.2 Å². The highest BCUT2D eigenvalue weighted by atomic mass is 19.4. The number of aromatic nitrogens is 3. The number of ether oxygens (including phenoxy) is 1. The molecule has 6 nitrogen and oxygen atoms in total. The third-order valence-corrected chi connectivity index (χ3v) is 5.34. The molecule has 0 N–H and O–H groups in total. The SMILES string of the molecule is CN(C)c1ccc(N2CCOC(c3cccc(Cc4ccccc4C(F)(F)F)n3)C2)nn1. The van der Waals surface area contributed by atoms with E-state index in [-0.39, 0.29) is 18.1 Å². The van der Waals surface area contributed by atoms with E-state index in [1.807, 2.05) is 43.3 Å². The molecule has 3 aromatic rings. The summed E-state index contributed by atoms with van der Waals surface area (Å²) in [6.07, 6.45) is -4.61. The van der Waals surface area contributed by atoms with Gasteiger partial charge in [0.1, 0.15) is 6.10 Å². The highest BCUT2D eigenvalue weighted by Gasteiger charge is 2.33. The molecule has 0 saturated carbocycles. The number of hydrogen-bond donors (Lipinski definition) is 0. The molecule has 0 amide bonds. The minimum Gasteiger partial charge on any atom is -0.368 e. The van der Waals surface area contributed by atoms with Gasteiger partial charge in [0.15, 0.2) is 11.6 Å². The van der Waals surface area contributed by atoms with E-state index >= 15 is 0 Å². The van der Waals surface area contributed by atoms with Crippen molar-refractivity contribution in [1.29, 1.82) is 0 Å².